The van der Waals surface area contributed by atoms with Crippen molar-refractivity contribution >= 4 is 26.6 Å². The van der Waals surface area contributed by atoms with Gasteiger partial charge in [-0.3, -0.25) is 4.79 Å². The third-order valence-electron chi connectivity index (χ3n) is 4.29. The molecule has 1 amide bonds. The Morgan fingerprint density at radius 3 is 2.41 bits per heavy atom. The summed E-state index contributed by atoms with van der Waals surface area (Å²) in [6.07, 6.45) is 1.55. The average molecular weight is 385 g/mol. The van der Waals surface area contributed by atoms with Crippen LogP contribution in [0.25, 0.3) is 10.9 Å². The molecule has 3 rings (SSSR count). The second-order valence-corrected chi connectivity index (χ2v) is 8.53. The van der Waals surface area contributed by atoms with E-state index in [-0.39, 0.29) is 22.2 Å². The summed E-state index contributed by atoms with van der Waals surface area (Å²) >= 11 is 0. The molecule has 7 heteroatoms. The molecule has 0 aliphatic carbocycles. The van der Waals surface area contributed by atoms with E-state index >= 15 is 0 Å². The zero-order chi connectivity index (χ0) is 19.4. The molecule has 0 aliphatic heterocycles. The molecular formula is C20H23N3O3S. The van der Waals surface area contributed by atoms with E-state index in [0.29, 0.717) is 11.9 Å². The number of hydrogen-bond donors (Lipinski definition) is 1. The molecule has 0 atom stereocenters. The first-order chi connectivity index (χ1) is 12.9. The van der Waals surface area contributed by atoms with E-state index in [9.17, 15) is 13.2 Å². The predicted molar refractivity (Wildman–Crippen MR) is 105 cm³/mol. The Morgan fingerprint density at radius 1 is 1.04 bits per heavy atom. The Bertz CT molecular complexity index is 1040. The smallest absolute Gasteiger partial charge is 0.239 e. The van der Waals surface area contributed by atoms with E-state index in [2.05, 4.69) is 5.32 Å². The highest BCUT2D eigenvalue weighted by atomic mass is 32.2. The van der Waals surface area contributed by atoms with Gasteiger partial charge < -0.3 is 14.8 Å². The zero-order valence-electron chi connectivity index (χ0n) is 15.4. The molecule has 0 spiro atoms. The largest absolute Gasteiger partial charge is 0.353 e. The van der Waals surface area contributed by atoms with Gasteiger partial charge in [-0.05, 0) is 32.3 Å². The molecule has 1 heterocycles. The SMILES string of the molecule is CN(C)CCNC(=O)Cn1cc(S(=O)(=O)c2ccccc2)c2ccccc21. The van der Waals surface area contributed by atoms with Gasteiger partial charge in [0.15, 0.2) is 0 Å². The van der Waals surface area contributed by atoms with Crippen LogP contribution in [0.1, 0.15) is 0 Å². The maximum absolute atomic E-state index is 13.1. The molecular weight excluding hydrogens is 362 g/mol. The quantitative estimate of drug-likeness (QED) is 0.677. The molecule has 0 bridgehead atoms. The van der Waals surface area contributed by atoms with Crippen molar-refractivity contribution in [3.05, 3.63) is 60.8 Å². The van der Waals surface area contributed by atoms with Crippen LogP contribution >= 0.6 is 0 Å². The van der Waals surface area contributed by atoms with Crippen molar-refractivity contribution in [2.24, 2.45) is 0 Å². The highest BCUT2D eigenvalue weighted by molar-refractivity contribution is 7.91. The fraction of sp³-hybridized carbons (Fsp3) is 0.250. The summed E-state index contributed by atoms with van der Waals surface area (Å²) in [4.78, 5) is 14.7. The van der Waals surface area contributed by atoms with E-state index in [1.807, 2.05) is 31.1 Å². The van der Waals surface area contributed by atoms with E-state index in [1.165, 1.54) is 0 Å². The molecule has 0 saturated heterocycles. The van der Waals surface area contributed by atoms with Gasteiger partial charge in [-0.25, -0.2) is 8.42 Å². The molecule has 0 aliphatic rings. The molecule has 1 N–H and O–H groups in total. The molecule has 0 saturated carbocycles. The van der Waals surface area contributed by atoms with Gasteiger partial charge in [0.25, 0.3) is 0 Å². The molecule has 2 aromatic carbocycles. The number of likely N-dealkylation sites (N-methyl/N-ethyl adjacent to an activating group) is 1. The molecule has 27 heavy (non-hydrogen) atoms. The van der Waals surface area contributed by atoms with Crippen LogP contribution < -0.4 is 5.32 Å². The first-order valence-electron chi connectivity index (χ1n) is 8.69. The van der Waals surface area contributed by atoms with Crippen molar-refractivity contribution in [3.8, 4) is 0 Å². The Morgan fingerprint density at radius 2 is 1.70 bits per heavy atom. The fourth-order valence-electron chi connectivity index (χ4n) is 2.91. The number of rotatable bonds is 7. The van der Waals surface area contributed by atoms with Crippen LogP contribution in [-0.4, -0.2) is 51.0 Å². The van der Waals surface area contributed by atoms with Gasteiger partial charge in [0.05, 0.1) is 9.79 Å². The van der Waals surface area contributed by atoms with Crippen molar-refractivity contribution in [1.82, 2.24) is 14.8 Å². The van der Waals surface area contributed by atoms with Crippen LogP contribution in [0, 0.1) is 0 Å². The lowest BCUT2D eigenvalue weighted by molar-refractivity contribution is -0.121. The number of fused-ring (bicyclic) bond motifs is 1. The van der Waals surface area contributed by atoms with E-state index in [4.69, 9.17) is 0 Å². The van der Waals surface area contributed by atoms with Crippen molar-refractivity contribution in [1.29, 1.82) is 0 Å². The molecule has 6 nitrogen and oxygen atoms in total. The monoisotopic (exact) mass is 385 g/mol. The van der Waals surface area contributed by atoms with Gasteiger partial charge in [-0.15, -0.1) is 0 Å². The van der Waals surface area contributed by atoms with Gasteiger partial charge >= 0.3 is 0 Å². The normalized spacial score (nSPS) is 11.8. The van der Waals surface area contributed by atoms with Crippen LogP contribution in [0.4, 0.5) is 0 Å². The maximum Gasteiger partial charge on any atom is 0.239 e. The van der Waals surface area contributed by atoms with Gasteiger partial charge in [-0.1, -0.05) is 36.4 Å². The number of aromatic nitrogens is 1. The van der Waals surface area contributed by atoms with Crippen LogP contribution in [-0.2, 0) is 21.2 Å². The summed E-state index contributed by atoms with van der Waals surface area (Å²) in [5.74, 6) is -0.152. The fourth-order valence-corrected chi connectivity index (χ4v) is 4.41. The Balaban J connectivity index is 1.94. The highest BCUT2D eigenvalue weighted by Gasteiger charge is 2.23. The predicted octanol–water partition coefficient (Wildman–Crippen LogP) is 2.15. The maximum atomic E-state index is 13.1. The van der Waals surface area contributed by atoms with Crippen LogP contribution in [0.3, 0.4) is 0 Å². The lowest BCUT2D eigenvalue weighted by Crippen LogP contribution is -2.33. The Labute approximate surface area is 159 Å². The third-order valence-corrected chi connectivity index (χ3v) is 6.09. The molecule has 0 unspecified atom stereocenters. The summed E-state index contributed by atoms with van der Waals surface area (Å²) in [5.41, 5.74) is 0.717. The van der Waals surface area contributed by atoms with Crippen molar-refractivity contribution < 1.29 is 13.2 Å². The van der Waals surface area contributed by atoms with Gasteiger partial charge in [0.2, 0.25) is 15.7 Å². The molecule has 0 radical (unpaired) electrons. The average Bonchev–Trinajstić information content (AvgIpc) is 3.01. The second kappa shape index (κ2) is 7.94. The minimum atomic E-state index is -3.67. The summed E-state index contributed by atoms with van der Waals surface area (Å²) < 4.78 is 27.8. The van der Waals surface area contributed by atoms with Gasteiger partial charge in [0, 0.05) is 30.2 Å². The topological polar surface area (TPSA) is 71.4 Å². The lowest BCUT2D eigenvalue weighted by Gasteiger charge is -2.11. The Hall–Kier alpha value is -2.64. The van der Waals surface area contributed by atoms with Crippen molar-refractivity contribution in [3.63, 3.8) is 0 Å². The van der Waals surface area contributed by atoms with Crippen LogP contribution in [0.5, 0.6) is 0 Å². The lowest BCUT2D eigenvalue weighted by atomic mass is 10.2. The molecule has 3 aromatic rings. The number of carbonyl (C=O) groups is 1. The summed E-state index contributed by atoms with van der Waals surface area (Å²) in [6, 6.07) is 15.6. The number of sulfone groups is 1. The minimum absolute atomic E-state index is 0.0677. The Kier molecular flexibility index (Phi) is 5.62. The number of carbonyl (C=O) groups excluding carboxylic acids is 1. The summed E-state index contributed by atoms with van der Waals surface area (Å²) in [5, 5.41) is 3.47. The first kappa shape index (κ1) is 19.1. The van der Waals surface area contributed by atoms with E-state index in [1.54, 1.807) is 53.2 Å². The summed E-state index contributed by atoms with van der Waals surface area (Å²) in [7, 11) is 0.206. The third kappa shape index (κ3) is 4.20. The molecule has 1 aromatic heterocycles. The first-order valence-corrected chi connectivity index (χ1v) is 10.2. The number of amides is 1. The number of benzene rings is 2. The number of nitrogens with zero attached hydrogens (tertiary/aromatic N) is 2. The van der Waals surface area contributed by atoms with Crippen molar-refractivity contribution in [2.75, 3.05) is 27.2 Å². The zero-order valence-corrected chi connectivity index (χ0v) is 16.2. The van der Waals surface area contributed by atoms with Gasteiger partial charge in [0.1, 0.15) is 6.54 Å². The van der Waals surface area contributed by atoms with Crippen LogP contribution in [0.2, 0.25) is 0 Å². The standard InChI is InChI=1S/C20H23N3O3S/c1-22(2)13-12-21-20(24)15-23-14-19(17-10-6-7-11-18(17)23)27(25,26)16-8-4-3-5-9-16/h3-11,14H,12-13,15H2,1-2H3,(H,21,24). The van der Waals surface area contributed by atoms with Crippen LogP contribution in [0.15, 0.2) is 70.6 Å². The molecule has 0 fully saturated rings. The van der Waals surface area contributed by atoms with E-state index < -0.39 is 9.84 Å². The molecule has 142 valence electrons. The summed E-state index contributed by atoms with van der Waals surface area (Å²) in [6.45, 7) is 1.35. The van der Waals surface area contributed by atoms with Gasteiger partial charge in [-0.2, -0.15) is 0 Å². The van der Waals surface area contributed by atoms with E-state index in [0.717, 1.165) is 12.1 Å². The highest BCUT2D eigenvalue weighted by Crippen LogP contribution is 2.30. The number of para-hydroxylation sites is 1. The van der Waals surface area contributed by atoms with Crippen molar-refractivity contribution in [2.45, 2.75) is 16.3 Å². The number of nitrogens with one attached hydrogen (secondary N) is 1. The second-order valence-electron chi connectivity index (χ2n) is 6.61. The minimum Gasteiger partial charge on any atom is -0.353 e. The number of hydrogen-bond acceptors (Lipinski definition) is 4.